The molecule has 0 aliphatic heterocycles. The van der Waals surface area contributed by atoms with Crippen molar-refractivity contribution in [3.8, 4) is 5.75 Å². The van der Waals surface area contributed by atoms with Crippen LogP contribution in [0.4, 0.5) is 11.4 Å². The normalized spacial score (nSPS) is 10.8. The Bertz CT molecular complexity index is 941. The maximum absolute atomic E-state index is 11.4. The van der Waals surface area contributed by atoms with Crippen molar-refractivity contribution in [3.05, 3.63) is 70.5 Å². The molecule has 23 heavy (non-hydrogen) atoms. The summed E-state index contributed by atoms with van der Waals surface area (Å²) in [5.41, 5.74) is -4.03. The Morgan fingerprint density at radius 2 is 1.74 bits per heavy atom. The van der Waals surface area contributed by atoms with Gasteiger partial charge in [0.2, 0.25) is 5.75 Å². The number of phenols is 1. The smallest absolute Gasteiger partial charge is 0.357 e. The highest BCUT2D eigenvalue weighted by Gasteiger charge is 2.19. The number of aromatic hydroxyl groups is 1. The third-order valence-corrected chi connectivity index (χ3v) is 2.80. The number of aromatic amines is 2. The molecule has 3 N–H and O–H groups in total. The molecule has 0 saturated heterocycles. The van der Waals surface area contributed by atoms with Crippen LogP contribution in [0, 0.1) is 20.2 Å². The molecule has 0 fully saturated rings. The van der Waals surface area contributed by atoms with Crippen LogP contribution in [-0.4, -0.2) is 24.9 Å². The first-order valence-corrected chi connectivity index (χ1v) is 5.96. The second kappa shape index (κ2) is 5.93. The third-order valence-electron chi connectivity index (χ3n) is 2.80. The van der Waals surface area contributed by atoms with Gasteiger partial charge in [-0.3, -0.25) is 30.0 Å². The van der Waals surface area contributed by atoms with Gasteiger partial charge in [-0.05, 0) is 12.2 Å². The van der Waals surface area contributed by atoms with Gasteiger partial charge in [-0.15, -0.1) is 0 Å². The van der Waals surface area contributed by atoms with Gasteiger partial charge in [0.05, 0.1) is 9.85 Å². The van der Waals surface area contributed by atoms with Gasteiger partial charge in [0.15, 0.2) is 0 Å². The summed E-state index contributed by atoms with van der Waals surface area (Å²) in [5.74, 6) is -0.649. The molecule has 0 amide bonds. The Kier molecular flexibility index (Phi) is 4.03. The van der Waals surface area contributed by atoms with Crippen LogP contribution in [0.3, 0.4) is 0 Å². The molecule has 2 rings (SSSR count). The first kappa shape index (κ1) is 15.6. The summed E-state index contributed by atoms with van der Waals surface area (Å²) >= 11 is 0. The molecule has 11 heteroatoms. The lowest BCUT2D eigenvalue weighted by atomic mass is 10.1. The molecule has 2 aromatic rings. The van der Waals surface area contributed by atoms with Crippen molar-refractivity contribution in [2.45, 2.75) is 0 Å². The predicted molar refractivity (Wildman–Crippen MR) is 78.0 cm³/mol. The van der Waals surface area contributed by atoms with Crippen molar-refractivity contribution >= 4 is 23.5 Å². The zero-order valence-corrected chi connectivity index (χ0v) is 11.2. The third kappa shape index (κ3) is 3.12. The van der Waals surface area contributed by atoms with Crippen LogP contribution in [-0.2, 0) is 0 Å². The van der Waals surface area contributed by atoms with Gasteiger partial charge in [-0.1, -0.05) is 12.1 Å². The quantitative estimate of drug-likeness (QED) is 0.550. The maximum atomic E-state index is 11.4. The van der Waals surface area contributed by atoms with E-state index in [0.29, 0.717) is 0 Å². The van der Waals surface area contributed by atoms with Gasteiger partial charge >= 0.3 is 22.6 Å². The number of benzene rings is 1. The molecule has 1 aromatic carbocycles. The number of nitrogens with one attached hydrogen (secondary N) is 2. The van der Waals surface area contributed by atoms with E-state index in [1.807, 2.05) is 0 Å². The molecular weight excluding hydrogens is 312 g/mol. The van der Waals surface area contributed by atoms with Gasteiger partial charge in [0.1, 0.15) is 5.69 Å². The molecule has 118 valence electrons. The van der Waals surface area contributed by atoms with Gasteiger partial charge in [0.25, 0.3) is 0 Å². The minimum Gasteiger partial charge on any atom is -0.502 e. The Hall–Kier alpha value is -3.76. The fourth-order valence-electron chi connectivity index (χ4n) is 1.80. The van der Waals surface area contributed by atoms with Crippen molar-refractivity contribution in [2.24, 2.45) is 0 Å². The van der Waals surface area contributed by atoms with Gasteiger partial charge < -0.3 is 10.1 Å². The average Bonchev–Trinajstić information content (AvgIpc) is 2.44. The van der Waals surface area contributed by atoms with E-state index in [9.17, 15) is 34.9 Å². The molecule has 0 unspecified atom stereocenters. The first-order valence-electron chi connectivity index (χ1n) is 5.96. The van der Waals surface area contributed by atoms with Crippen LogP contribution >= 0.6 is 0 Å². The molecule has 0 saturated carbocycles. The largest absolute Gasteiger partial charge is 0.502 e. The van der Waals surface area contributed by atoms with E-state index in [1.165, 1.54) is 12.1 Å². The van der Waals surface area contributed by atoms with Crippen LogP contribution < -0.4 is 11.2 Å². The molecular formula is C12H8N4O7. The zero-order chi connectivity index (χ0) is 17.1. The van der Waals surface area contributed by atoms with E-state index >= 15 is 0 Å². The molecule has 0 aliphatic carbocycles. The first-order chi connectivity index (χ1) is 10.8. The lowest BCUT2D eigenvalue weighted by molar-refractivity contribution is -0.386. The fourth-order valence-corrected chi connectivity index (χ4v) is 1.80. The summed E-state index contributed by atoms with van der Waals surface area (Å²) in [4.78, 5) is 46.2. The standard InChI is InChI=1S/C12H8N4O7/c17-10-6(2-1-3-8(10)15(20)21)4-5-7-9(16(22)23)11(18)14-12(19)13-7/h1-5,17H,(H2,13,14,18,19)/b5-4+. The molecule has 1 heterocycles. The maximum Gasteiger partial charge on any atom is 0.357 e. The van der Waals surface area contributed by atoms with Crippen molar-refractivity contribution < 1.29 is 15.0 Å². The molecule has 0 atom stereocenters. The number of hydrogen-bond donors (Lipinski definition) is 3. The van der Waals surface area contributed by atoms with E-state index in [0.717, 1.165) is 18.2 Å². The molecule has 1 aromatic heterocycles. The van der Waals surface area contributed by atoms with Crippen molar-refractivity contribution in [3.63, 3.8) is 0 Å². The number of para-hydroxylation sites is 1. The van der Waals surface area contributed by atoms with Crippen LogP contribution in [0.25, 0.3) is 12.2 Å². The summed E-state index contributed by atoms with van der Waals surface area (Å²) in [6, 6.07) is 3.69. The lowest BCUT2D eigenvalue weighted by Gasteiger charge is -2.00. The Balaban J connectivity index is 2.56. The number of nitro groups is 2. The summed E-state index contributed by atoms with van der Waals surface area (Å²) in [6.45, 7) is 0. The van der Waals surface area contributed by atoms with E-state index in [-0.39, 0.29) is 5.56 Å². The minimum atomic E-state index is -1.19. The Morgan fingerprint density at radius 1 is 1.04 bits per heavy atom. The van der Waals surface area contributed by atoms with E-state index in [1.54, 1.807) is 4.98 Å². The molecule has 11 nitrogen and oxygen atoms in total. The number of rotatable bonds is 4. The number of nitro benzene ring substituents is 1. The summed E-state index contributed by atoms with van der Waals surface area (Å²) in [5, 5.41) is 31.3. The van der Waals surface area contributed by atoms with E-state index in [4.69, 9.17) is 0 Å². The van der Waals surface area contributed by atoms with Crippen LogP contribution in [0.15, 0.2) is 27.8 Å². The number of hydrogen-bond acceptors (Lipinski definition) is 7. The minimum absolute atomic E-state index is 0.0189. The summed E-state index contributed by atoms with van der Waals surface area (Å²) in [7, 11) is 0. The fraction of sp³-hybridized carbons (Fsp3) is 0. The highest BCUT2D eigenvalue weighted by atomic mass is 16.6. The zero-order valence-electron chi connectivity index (χ0n) is 11.2. The van der Waals surface area contributed by atoms with E-state index in [2.05, 4.69) is 4.98 Å². The second-order valence-corrected chi connectivity index (χ2v) is 4.23. The highest BCUT2D eigenvalue weighted by Crippen LogP contribution is 2.30. The second-order valence-electron chi connectivity index (χ2n) is 4.23. The SMILES string of the molecule is O=c1[nH]c(/C=C/c2cccc([N+](=O)[O-])c2O)c([N+](=O)[O-])c(=O)[nH]1. The number of aromatic nitrogens is 2. The Morgan fingerprint density at radius 3 is 2.35 bits per heavy atom. The van der Waals surface area contributed by atoms with Crippen LogP contribution in [0.2, 0.25) is 0 Å². The van der Waals surface area contributed by atoms with Crippen LogP contribution in [0.5, 0.6) is 5.75 Å². The topological polar surface area (TPSA) is 172 Å². The van der Waals surface area contributed by atoms with Crippen molar-refractivity contribution in [2.75, 3.05) is 0 Å². The monoisotopic (exact) mass is 320 g/mol. The van der Waals surface area contributed by atoms with E-state index < -0.39 is 43.9 Å². The highest BCUT2D eigenvalue weighted by molar-refractivity contribution is 5.76. The molecule has 0 aliphatic rings. The lowest BCUT2D eigenvalue weighted by Crippen LogP contribution is -2.25. The van der Waals surface area contributed by atoms with Gasteiger partial charge in [0, 0.05) is 11.6 Å². The molecule has 0 spiro atoms. The molecule has 0 radical (unpaired) electrons. The number of H-pyrrole nitrogens is 2. The predicted octanol–water partition coefficient (Wildman–Crippen LogP) is 0.756. The number of phenolic OH excluding ortho intramolecular Hbond substituents is 1. The van der Waals surface area contributed by atoms with Gasteiger partial charge in [-0.25, -0.2) is 4.79 Å². The number of nitrogens with zero attached hydrogens (tertiary/aromatic N) is 2. The average molecular weight is 320 g/mol. The summed E-state index contributed by atoms with van der Waals surface area (Å²) in [6.07, 6.45) is 2.09. The Labute approximate surface area is 125 Å². The van der Waals surface area contributed by atoms with Crippen molar-refractivity contribution in [1.82, 2.24) is 9.97 Å². The van der Waals surface area contributed by atoms with Crippen molar-refractivity contribution in [1.29, 1.82) is 0 Å². The van der Waals surface area contributed by atoms with Gasteiger partial charge in [-0.2, -0.15) is 0 Å². The summed E-state index contributed by atoms with van der Waals surface area (Å²) < 4.78 is 0. The molecule has 0 bridgehead atoms. The van der Waals surface area contributed by atoms with Crippen LogP contribution in [0.1, 0.15) is 11.3 Å².